The number of hydrogen-bond acceptors (Lipinski definition) is 1. The molecular formula is C17H24F2O2. The zero-order chi connectivity index (χ0) is 16.1. The number of alkyl halides is 2. The average Bonchev–Trinajstić information content (AvgIpc) is 2.33. The number of hydrogen-bond donors (Lipinski definition) is 1. The number of aliphatic carboxylic acids is 1. The molecule has 0 aliphatic rings. The molecule has 0 amide bonds. The second kappa shape index (κ2) is 7.01. The van der Waals surface area contributed by atoms with Gasteiger partial charge in [0.25, 0.3) is 5.92 Å². The summed E-state index contributed by atoms with van der Waals surface area (Å²) in [4.78, 5) is 10.7. The highest BCUT2D eigenvalue weighted by molar-refractivity contribution is 5.67. The van der Waals surface area contributed by atoms with E-state index in [4.69, 9.17) is 5.11 Å². The molecule has 4 heteroatoms. The third-order valence-corrected chi connectivity index (χ3v) is 3.53. The maximum atomic E-state index is 14.3. The summed E-state index contributed by atoms with van der Waals surface area (Å²) in [7, 11) is 0. The lowest BCUT2D eigenvalue weighted by Gasteiger charge is -2.28. The minimum atomic E-state index is -3.01. The van der Waals surface area contributed by atoms with Gasteiger partial charge in [0.15, 0.2) is 0 Å². The van der Waals surface area contributed by atoms with Crippen molar-refractivity contribution in [3.05, 3.63) is 35.4 Å². The first-order chi connectivity index (χ1) is 9.66. The first-order valence-corrected chi connectivity index (χ1v) is 7.35. The SMILES string of the molecule is CCCCc1ccc(C(F)(F)CC(C)(C)CC(=O)O)cc1. The standard InChI is InChI=1S/C17H24F2O2/c1-4-5-6-13-7-9-14(10-8-13)17(18,19)12-16(2,3)11-15(20)21/h7-10H,4-6,11-12H2,1-3H3,(H,20,21). The van der Waals surface area contributed by atoms with Gasteiger partial charge in [-0.1, -0.05) is 51.5 Å². The Bertz CT molecular complexity index is 464. The fraction of sp³-hybridized carbons (Fsp3) is 0.588. The van der Waals surface area contributed by atoms with Gasteiger partial charge >= 0.3 is 5.97 Å². The number of unbranched alkanes of at least 4 members (excludes halogenated alkanes) is 1. The van der Waals surface area contributed by atoms with E-state index in [0.29, 0.717) is 0 Å². The summed E-state index contributed by atoms with van der Waals surface area (Å²) in [6.45, 7) is 5.21. The molecule has 0 spiro atoms. The Morgan fingerprint density at radius 1 is 1.19 bits per heavy atom. The van der Waals surface area contributed by atoms with Crippen molar-refractivity contribution in [2.24, 2.45) is 5.41 Å². The normalized spacial score (nSPS) is 12.4. The Hall–Kier alpha value is -1.45. The largest absolute Gasteiger partial charge is 0.481 e. The molecular weight excluding hydrogens is 274 g/mol. The molecule has 1 aromatic rings. The second-order valence-electron chi connectivity index (χ2n) is 6.42. The van der Waals surface area contributed by atoms with E-state index in [-0.39, 0.29) is 12.0 Å². The van der Waals surface area contributed by atoms with Gasteiger partial charge in [0.1, 0.15) is 0 Å². The molecule has 2 nitrogen and oxygen atoms in total. The third-order valence-electron chi connectivity index (χ3n) is 3.53. The zero-order valence-corrected chi connectivity index (χ0v) is 13.0. The van der Waals surface area contributed by atoms with Crippen molar-refractivity contribution >= 4 is 5.97 Å². The van der Waals surface area contributed by atoms with Crippen LogP contribution in [0.5, 0.6) is 0 Å². The minimum Gasteiger partial charge on any atom is -0.481 e. The van der Waals surface area contributed by atoms with Crippen molar-refractivity contribution in [2.45, 2.75) is 58.8 Å². The first-order valence-electron chi connectivity index (χ1n) is 7.35. The fourth-order valence-electron chi connectivity index (χ4n) is 2.47. The summed E-state index contributed by atoms with van der Waals surface area (Å²) < 4.78 is 28.6. The van der Waals surface area contributed by atoms with Crippen LogP contribution in [0.25, 0.3) is 0 Å². The smallest absolute Gasteiger partial charge is 0.303 e. The number of halogens is 2. The molecule has 0 fully saturated rings. The van der Waals surface area contributed by atoms with Crippen LogP contribution < -0.4 is 0 Å². The summed E-state index contributed by atoms with van der Waals surface area (Å²) in [6.07, 6.45) is 2.27. The van der Waals surface area contributed by atoms with Gasteiger partial charge in [-0.3, -0.25) is 4.79 Å². The Kier molecular flexibility index (Phi) is 5.87. The molecule has 21 heavy (non-hydrogen) atoms. The number of benzene rings is 1. The first kappa shape index (κ1) is 17.6. The lowest BCUT2D eigenvalue weighted by molar-refractivity contribution is -0.140. The predicted molar refractivity (Wildman–Crippen MR) is 79.6 cm³/mol. The number of aryl methyl sites for hydroxylation is 1. The topological polar surface area (TPSA) is 37.3 Å². The lowest BCUT2D eigenvalue weighted by atomic mass is 9.81. The summed E-state index contributed by atoms with van der Waals surface area (Å²) >= 11 is 0. The van der Waals surface area contributed by atoms with E-state index < -0.39 is 23.7 Å². The van der Waals surface area contributed by atoms with Gasteiger partial charge in [-0.25, -0.2) is 8.78 Å². The van der Waals surface area contributed by atoms with Crippen LogP contribution in [0.3, 0.4) is 0 Å². The van der Waals surface area contributed by atoms with Crippen molar-refractivity contribution in [1.29, 1.82) is 0 Å². The van der Waals surface area contributed by atoms with Crippen LogP contribution in [0.15, 0.2) is 24.3 Å². The van der Waals surface area contributed by atoms with Crippen molar-refractivity contribution in [1.82, 2.24) is 0 Å². The van der Waals surface area contributed by atoms with E-state index in [0.717, 1.165) is 24.8 Å². The third kappa shape index (κ3) is 5.82. The van der Waals surface area contributed by atoms with Crippen molar-refractivity contribution in [3.63, 3.8) is 0 Å². The highest BCUT2D eigenvalue weighted by atomic mass is 19.3. The van der Waals surface area contributed by atoms with E-state index in [9.17, 15) is 13.6 Å². The second-order valence-corrected chi connectivity index (χ2v) is 6.42. The Balaban J connectivity index is 2.79. The summed E-state index contributed by atoms with van der Waals surface area (Å²) in [5, 5.41) is 8.79. The average molecular weight is 298 g/mol. The summed E-state index contributed by atoms with van der Waals surface area (Å²) in [5.74, 6) is -4.06. The van der Waals surface area contributed by atoms with Gasteiger partial charge in [-0.2, -0.15) is 0 Å². The minimum absolute atomic E-state index is 0.0405. The number of rotatable bonds is 8. The molecule has 0 radical (unpaired) electrons. The van der Waals surface area contributed by atoms with E-state index >= 15 is 0 Å². The number of carbonyl (C=O) groups is 1. The van der Waals surface area contributed by atoms with E-state index in [1.54, 1.807) is 26.0 Å². The van der Waals surface area contributed by atoms with Gasteiger partial charge in [-0.15, -0.1) is 0 Å². The Morgan fingerprint density at radius 2 is 1.76 bits per heavy atom. The molecule has 0 unspecified atom stereocenters. The van der Waals surface area contributed by atoms with Crippen LogP contribution in [-0.4, -0.2) is 11.1 Å². The molecule has 118 valence electrons. The zero-order valence-electron chi connectivity index (χ0n) is 13.0. The number of carboxylic acids is 1. The van der Waals surface area contributed by atoms with Crippen molar-refractivity contribution in [3.8, 4) is 0 Å². The van der Waals surface area contributed by atoms with Gasteiger partial charge in [0.2, 0.25) is 0 Å². The molecule has 0 saturated carbocycles. The maximum absolute atomic E-state index is 14.3. The van der Waals surface area contributed by atoms with E-state index in [1.165, 1.54) is 12.1 Å². The molecule has 1 rings (SSSR count). The quantitative estimate of drug-likeness (QED) is 0.732. The van der Waals surface area contributed by atoms with Crippen LogP contribution in [-0.2, 0) is 17.1 Å². The van der Waals surface area contributed by atoms with Gasteiger partial charge in [0.05, 0.1) is 6.42 Å². The van der Waals surface area contributed by atoms with Crippen molar-refractivity contribution < 1.29 is 18.7 Å². The molecule has 1 N–H and O–H groups in total. The van der Waals surface area contributed by atoms with Gasteiger partial charge in [-0.05, 0) is 23.8 Å². The molecule has 0 bridgehead atoms. The van der Waals surface area contributed by atoms with E-state index in [1.807, 2.05) is 0 Å². The van der Waals surface area contributed by atoms with E-state index in [2.05, 4.69) is 6.92 Å². The fourth-order valence-corrected chi connectivity index (χ4v) is 2.47. The molecule has 0 aliphatic heterocycles. The van der Waals surface area contributed by atoms with Crippen LogP contribution in [0.2, 0.25) is 0 Å². The molecule has 0 atom stereocenters. The van der Waals surface area contributed by atoms with Crippen LogP contribution in [0.1, 0.15) is 57.6 Å². The molecule has 0 heterocycles. The maximum Gasteiger partial charge on any atom is 0.303 e. The summed E-state index contributed by atoms with van der Waals surface area (Å²) in [5.41, 5.74) is 0.0679. The monoisotopic (exact) mass is 298 g/mol. The Morgan fingerprint density at radius 3 is 2.24 bits per heavy atom. The van der Waals surface area contributed by atoms with Gasteiger partial charge in [0, 0.05) is 12.0 Å². The number of carboxylic acid groups (broad SMARTS) is 1. The summed E-state index contributed by atoms with van der Waals surface area (Å²) in [6, 6.07) is 6.40. The molecule has 0 aromatic heterocycles. The van der Waals surface area contributed by atoms with Crippen LogP contribution in [0, 0.1) is 5.41 Å². The Labute approximate surface area is 125 Å². The highest BCUT2D eigenvalue weighted by Gasteiger charge is 2.39. The van der Waals surface area contributed by atoms with Gasteiger partial charge < -0.3 is 5.11 Å². The predicted octanol–water partition coefficient (Wildman–Crippen LogP) is 5.01. The lowest BCUT2D eigenvalue weighted by Crippen LogP contribution is -2.26. The molecule has 0 aliphatic carbocycles. The van der Waals surface area contributed by atoms with Crippen LogP contribution in [0.4, 0.5) is 8.78 Å². The van der Waals surface area contributed by atoms with Crippen LogP contribution >= 0.6 is 0 Å². The molecule has 1 aromatic carbocycles. The highest BCUT2D eigenvalue weighted by Crippen LogP contribution is 2.41. The molecule has 0 saturated heterocycles. The van der Waals surface area contributed by atoms with Crippen molar-refractivity contribution in [2.75, 3.05) is 0 Å².